The molecule has 1 saturated carbocycles. The first kappa shape index (κ1) is 16.2. The van der Waals surface area contributed by atoms with E-state index in [1.54, 1.807) is 42.7 Å². The van der Waals surface area contributed by atoms with Gasteiger partial charge in [-0.15, -0.1) is 0 Å². The van der Waals surface area contributed by atoms with E-state index in [0.29, 0.717) is 23.6 Å². The van der Waals surface area contributed by atoms with Crippen LogP contribution in [0.5, 0.6) is 0 Å². The Morgan fingerprint density at radius 3 is 2.75 bits per heavy atom. The molecule has 0 spiro atoms. The summed E-state index contributed by atoms with van der Waals surface area (Å²) in [6.45, 7) is 0.319. The van der Waals surface area contributed by atoms with E-state index in [0.717, 1.165) is 12.8 Å². The molecule has 24 heavy (non-hydrogen) atoms. The zero-order valence-corrected chi connectivity index (χ0v) is 13.7. The highest BCUT2D eigenvalue weighted by Gasteiger charge is 2.30. The van der Waals surface area contributed by atoms with Crippen molar-refractivity contribution in [2.75, 3.05) is 5.32 Å². The normalized spacial score (nSPS) is 13.2. The molecule has 6 nitrogen and oxygen atoms in total. The molecule has 0 bridgehead atoms. The molecule has 124 valence electrons. The second-order valence-electron chi connectivity index (χ2n) is 5.56. The van der Waals surface area contributed by atoms with Crippen molar-refractivity contribution in [2.24, 2.45) is 5.92 Å². The predicted molar refractivity (Wildman–Crippen MR) is 93.4 cm³/mol. The summed E-state index contributed by atoms with van der Waals surface area (Å²) in [5.41, 5.74) is 1.13. The highest BCUT2D eigenvalue weighted by molar-refractivity contribution is 7.80. The van der Waals surface area contributed by atoms with Gasteiger partial charge in [0.15, 0.2) is 5.11 Å². The molecule has 1 aromatic heterocycles. The Morgan fingerprint density at radius 2 is 2.04 bits per heavy atom. The topological polar surface area (TPSA) is 83.4 Å². The molecule has 7 heteroatoms. The monoisotopic (exact) mass is 343 g/mol. The van der Waals surface area contributed by atoms with Crippen molar-refractivity contribution in [3.05, 3.63) is 54.0 Å². The Labute approximate surface area is 144 Å². The van der Waals surface area contributed by atoms with Gasteiger partial charge in [-0.2, -0.15) is 0 Å². The van der Waals surface area contributed by atoms with Crippen molar-refractivity contribution in [3.63, 3.8) is 0 Å². The maximum atomic E-state index is 12.2. The van der Waals surface area contributed by atoms with Crippen LogP contribution in [0.15, 0.2) is 47.1 Å². The summed E-state index contributed by atoms with van der Waals surface area (Å²) in [5.74, 6) is 0.493. The van der Waals surface area contributed by atoms with E-state index >= 15 is 0 Å². The Morgan fingerprint density at radius 1 is 1.21 bits per heavy atom. The minimum Gasteiger partial charge on any atom is -0.467 e. The zero-order valence-electron chi connectivity index (χ0n) is 12.9. The summed E-state index contributed by atoms with van der Waals surface area (Å²) < 4.78 is 5.17. The summed E-state index contributed by atoms with van der Waals surface area (Å²) >= 11 is 5.12. The highest BCUT2D eigenvalue weighted by Crippen LogP contribution is 2.28. The van der Waals surface area contributed by atoms with Gasteiger partial charge in [-0.25, -0.2) is 0 Å². The molecule has 1 aromatic carbocycles. The average molecular weight is 343 g/mol. The van der Waals surface area contributed by atoms with Gasteiger partial charge in [0.2, 0.25) is 5.91 Å². The van der Waals surface area contributed by atoms with E-state index in [1.165, 1.54) is 0 Å². The lowest BCUT2D eigenvalue weighted by Gasteiger charge is -2.10. The maximum absolute atomic E-state index is 12.2. The lowest BCUT2D eigenvalue weighted by atomic mass is 10.2. The second-order valence-corrected chi connectivity index (χ2v) is 5.97. The molecule has 1 fully saturated rings. The Hall–Kier alpha value is -2.67. The number of carbonyl (C=O) groups is 2. The highest BCUT2D eigenvalue weighted by atomic mass is 32.1. The van der Waals surface area contributed by atoms with Crippen LogP contribution in [0.2, 0.25) is 0 Å². The van der Waals surface area contributed by atoms with Crippen molar-refractivity contribution in [1.29, 1.82) is 0 Å². The largest absolute Gasteiger partial charge is 0.467 e. The van der Waals surface area contributed by atoms with Crippen LogP contribution in [0.3, 0.4) is 0 Å². The van der Waals surface area contributed by atoms with Crippen LogP contribution < -0.4 is 16.0 Å². The Bertz CT molecular complexity index is 754. The number of nitrogens with one attached hydrogen (secondary N) is 3. The predicted octanol–water partition coefficient (Wildman–Crippen LogP) is 2.43. The molecule has 1 heterocycles. The fraction of sp³-hybridized carbons (Fsp3) is 0.235. The lowest BCUT2D eigenvalue weighted by Crippen LogP contribution is -2.35. The molecule has 0 aliphatic heterocycles. The van der Waals surface area contributed by atoms with Crippen molar-refractivity contribution in [2.45, 2.75) is 19.4 Å². The number of rotatable bonds is 5. The maximum Gasteiger partial charge on any atom is 0.251 e. The van der Waals surface area contributed by atoms with Gasteiger partial charge in [0, 0.05) is 17.2 Å². The first-order valence-corrected chi connectivity index (χ1v) is 8.05. The number of anilines is 1. The van der Waals surface area contributed by atoms with Crippen LogP contribution in [0.4, 0.5) is 5.69 Å². The van der Waals surface area contributed by atoms with Crippen LogP contribution in [0.1, 0.15) is 29.0 Å². The van der Waals surface area contributed by atoms with Crippen LogP contribution in [-0.2, 0) is 11.3 Å². The van der Waals surface area contributed by atoms with Crippen molar-refractivity contribution < 1.29 is 14.0 Å². The van der Waals surface area contributed by atoms with Gasteiger partial charge in [0.1, 0.15) is 5.76 Å². The molecule has 3 N–H and O–H groups in total. The number of amides is 2. The van der Waals surface area contributed by atoms with E-state index < -0.39 is 0 Å². The molecular formula is C17H17N3O3S. The first-order valence-electron chi connectivity index (χ1n) is 7.64. The first-order chi connectivity index (χ1) is 11.6. The molecular weight excluding hydrogens is 326 g/mol. The lowest BCUT2D eigenvalue weighted by molar-refractivity contribution is -0.120. The van der Waals surface area contributed by atoms with Gasteiger partial charge >= 0.3 is 0 Å². The van der Waals surface area contributed by atoms with Crippen LogP contribution >= 0.6 is 12.2 Å². The Balaban J connectivity index is 1.55. The molecule has 3 rings (SSSR count). The fourth-order valence-electron chi connectivity index (χ4n) is 2.14. The summed E-state index contributed by atoms with van der Waals surface area (Å²) in [6, 6.07) is 10.5. The van der Waals surface area contributed by atoms with Gasteiger partial charge in [0.05, 0.1) is 12.8 Å². The minimum absolute atomic E-state index is 0.0557. The van der Waals surface area contributed by atoms with Crippen LogP contribution in [-0.4, -0.2) is 16.9 Å². The average Bonchev–Trinajstić information content (AvgIpc) is 3.29. The van der Waals surface area contributed by atoms with Crippen molar-refractivity contribution in [3.8, 4) is 0 Å². The third kappa shape index (κ3) is 4.42. The summed E-state index contributed by atoms with van der Waals surface area (Å²) in [5, 5.41) is 8.58. The Kier molecular flexibility index (Phi) is 4.90. The molecule has 1 aliphatic carbocycles. The number of hydrogen-bond acceptors (Lipinski definition) is 4. The fourth-order valence-corrected chi connectivity index (χ4v) is 2.36. The SMILES string of the molecule is O=C(NCc1ccco1)c1cccc(NC(=S)NC(=O)C2CC2)c1. The number of benzene rings is 1. The third-order valence-electron chi connectivity index (χ3n) is 3.57. The number of thiocarbonyl (C=S) groups is 1. The number of carbonyl (C=O) groups excluding carboxylic acids is 2. The van der Waals surface area contributed by atoms with E-state index in [1.807, 2.05) is 0 Å². The van der Waals surface area contributed by atoms with Gasteiger partial charge in [-0.05, 0) is 55.4 Å². The van der Waals surface area contributed by atoms with Gasteiger partial charge < -0.3 is 20.4 Å². The smallest absolute Gasteiger partial charge is 0.251 e. The number of furan rings is 1. The van der Waals surface area contributed by atoms with Crippen molar-refractivity contribution >= 4 is 34.8 Å². The minimum atomic E-state index is -0.219. The van der Waals surface area contributed by atoms with E-state index in [4.69, 9.17) is 16.6 Å². The molecule has 0 atom stereocenters. The standard InChI is InChI=1S/C17H17N3O3S/c21-15(18-10-14-5-2-8-23-14)12-3-1-4-13(9-12)19-17(24)20-16(22)11-6-7-11/h1-5,8-9,11H,6-7,10H2,(H,18,21)(H2,19,20,22,24). The summed E-state index contributed by atoms with van der Waals surface area (Å²) in [7, 11) is 0. The van der Waals surface area contributed by atoms with E-state index in [9.17, 15) is 9.59 Å². The molecule has 2 amide bonds. The van der Waals surface area contributed by atoms with Crippen molar-refractivity contribution in [1.82, 2.24) is 10.6 Å². The van der Waals surface area contributed by atoms with Gasteiger partial charge in [-0.1, -0.05) is 6.07 Å². The molecule has 2 aromatic rings. The molecule has 1 aliphatic rings. The zero-order chi connectivity index (χ0) is 16.9. The second kappa shape index (κ2) is 7.27. The molecule has 0 radical (unpaired) electrons. The summed E-state index contributed by atoms with van der Waals surface area (Å²) in [6.07, 6.45) is 3.39. The van der Waals surface area contributed by atoms with Crippen LogP contribution in [0, 0.1) is 5.92 Å². The van der Waals surface area contributed by atoms with E-state index in [2.05, 4.69) is 16.0 Å². The van der Waals surface area contributed by atoms with Gasteiger partial charge in [-0.3, -0.25) is 9.59 Å². The molecule has 0 unspecified atom stereocenters. The quantitative estimate of drug-likeness (QED) is 0.726. The molecule has 0 saturated heterocycles. The number of hydrogen-bond donors (Lipinski definition) is 3. The summed E-state index contributed by atoms with van der Waals surface area (Å²) in [4.78, 5) is 23.8. The van der Waals surface area contributed by atoms with Gasteiger partial charge in [0.25, 0.3) is 5.91 Å². The van der Waals surface area contributed by atoms with Crippen LogP contribution in [0.25, 0.3) is 0 Å². The van der Waals surface area contributed by atoms with E-state index in [-0.39, 0.29) is 22.8 Å². The third-order valence-corrected chi connectivity index (χ3v) is 3.77.